The second kappa shape index (κ2) is 4.64. The van der Waals surface area contributed by atoms with E-state index in [1.807, 2.05) is 19.1 Å². The highest BCUT2D eigenvalue weighted by Crippen LogP contribution is 2.10. The number of pyridine rings is 1. The molecule has 2 atom stereocenters. The molecule has 0 aliphatic rings. The van der Waals surface area contributed by atoms with Crippen LogP contribution in [0.25, 0.3) is 0 Å². The molecule has 1 aromatic rings. The molecular weight excluding hydrogens is 160 g/mol. The van der Waals surface area contributed by atoms with Gasteiger partial charge in [0.15, 0.2) is 0 Å². The van der Waals surface area contributed by atoms with Crippen molar-refractivity contribution in [1.29, 1.82) is 0 Å². The summed E-state index contributed by atoms with van der Waals surface area (Å²) < 4.78 is 0. The largest absolute Gasteiger partial charge is 0.297 e. The fourth-order valence-corrected chi connectivity index (χ4v) is 1.17. The SMILES string of the molecule is C#CC(C)N[C@@H](C)c1ccncc1. The Morgan fingerprint density at radius 2 is 2.00 bits per heavy atom. The summed E-state index contributed by atoms with van der Waals surface area (Å²) >= 11 is 0. The summed E-state index contributed by atoms with van der Waals surface area (Å²) in [6, 6.07) is 4.35. The molecule has 68 valence electrons. The first kappa shape index (κ1) is 9.76. The summed E-state index contributed by atoms with van der Waals surface area (Å²) in [5.74, 6) is 2.64. The Morgan fingerprint density at radius 1 is 1.38 bits per heavy atom. The minimum absolute atomic E-state index is 0.100. The molecule has 1 rings (SSSR count). The first-order valence-electron chi connectivity index (χ1n) is 4.36. The molecule has 1 unspecified atom stereocenters. The molecule has 0 spiro atoms. The molecule has 0 aliphatic carbocycles. The second-order valence-corrected chi connectivity index (χ2v) is 3.06. The molecule has 0 fully saturated rings. The van der Waals surface area contributed by atoms with Crippen molar-refractivity contribution in [2.24, 2.45) is 0 Å². The molecule has 1 heterocycles. The van der Waals surface area contributed by atoms with Crippen LogP contribution in [0, 0.1) is 12.3 Å². The first-order chi connectivity index (χ1) is 6.24. The van der Waals surface area contributed by atoms with E-state index >= 15 is 0 Å². The van der Waals surface area contributed by atoms with E-state index < -0.39 is 0 Å². The van der Waals surface area contributed by atoms with Crippen LogP contribution >= 0.6 is 0 Å². The van der Waals surface area contributed by atoms with E-state index in [9.17, 15) is 0 Å². The third-order valence-corrected chi connectivity index (χ3v) is 1.96. The average molecular weight is 174 g/mol. The highest BCUT2D eigenvalue weighted by molar-refractivity contribution is 5.15. The van der Waals surface area contributed by atoms with Crippen molar-refractivity contribution in [2.75, 3.05) is 0 Å². The third-order valence-electron chi connectivity index (χ3n) is 1.96. The van der Waals surface area contributed by atoms with Crippen molar-refractivity contribution >= 4 is 0 Å². The normalized spacial score (nSPS) is 14.5. The number of hydrogen-bond donors (Lipinski definition) is 1. The molecule has 0 radical (unpaired) electrons. The number of rotatable bonds is 3. The molecule has 2 heteroatoms. The zero-order chi connectivity index (χ0) is 9.68. The van der Waals surface area contributed by atoms with Crippen LogP contribution < -0.4 is 5.32 Å². The Kier molecular flexibility index (Phi) is 3.48. The summed E-state index contributed by atoms with van der Waals surface area (Å²) in [6.45, 7) is 4.06. The van der Waals surface area contributed by atoms with Gasteiger partial charge in [0.05, 0.1) is 6.04 Å². The maximum Gasteiger partial charge on any atom is 0.0662 e. The fraction of sp³-hybridized carbons (Fsp3) is 0.364. The van der Waals surface area contributed by atoms with Crippen molar-refractivity contribution in [1.82, 2.24) is 10.3 Å². The van der Waals surface area contributed by atoms with Gasteiger partial charge in [-0.15, -0.1) is 6.42 Å². The van der Waals surface area contributed by atoms with Gasteiger partial charge in [0.25, 0.3) is 0 Å². The molecule has 0 amide bonds. The lowest BCUT2D eigenvalue weighted by Crippen LogP contribution is -2.27. The second-order valence-electron chi connectivity index (χ2n) is 3.06. The topological polar surface area (TPSA) is 24.9 Å². The maximum atomic E-state index is 5.27. The molecular formula is C11H14N2. The van der Waals surface area contributed by atoms with Gasteiger partial charge in [-0.25, -0.2) is 0 Å². The lowest BCUT2D eigenvalue weighted by molar-refractivity contribution is 0.546. The zero-order valence-corrected chi connectivity index (χ0v) is 7.99. The number of aromatic nitrogens is 1. The van der Waals surface area contributed by atoms with Crippen LogP contribution in [0.2, 0.25) is 0 Å². The van der Waals surface area contributed by atoms with Gasteiger partial charge in [0.1, 0.15) is 0 Å². The van der Waals surface area contributed by atoms with Gasteiger partial charge >= 0.3 is 0 Å². The van der Waals surface area contributed by atoms with Crippen molar-refractivity contribution in [2.45, 2.75) is 25.9 Å². The quantitative estimate of drug-likeness (QED) is 0.706. The number of hydrogen-bond acceptors (Lipinski definition) is 2. The zero-order valence-electron chi connectivity index (χ0n) is 7.99. The standard InChI is InChI=1S/C11H14N2/c1-4-9(2)13-10(3)11-5-7-12-8-6-11/h1,5-10,13H,2-3H3/t9?,10-/m0/s1. The van der Waals surface area contributed by atoms with Crippen LogP contribution in [-0.4, -0.2) is 11.0 Å². The molecule has 0 aliphatic heterocycles. The van der Waals surface area contributed by atoms with Crippen LogP contribution in [0.4, 0.5) is 0 Å². The highest BCUT2D eigenvalue weighted by atomic mass is 14.9. The van der Waals surface area contributed by atoms with Gasteiger partial charge in [-0.1, -0.05) is 5.92 Å². The summed E-state index contributed by atoms with van der Waals surface area (Å²) in [4.78, 5) is 3.96. The number of nitrogens with one attached hydrogen (secondary N) is 1. The Bertz CT molecular complexity index is 287. The summed E-state index contributed by atoms with van der Waals surface area (Å²) in [5.41, 5.74) is 1.21. The van der Waals surface area contributed by atoms with Gasteiger partial charge < -0.3 is 0 Å². The molecule has 0 aromatic carbocycles. The van der Waals surface area contributed by atoms with Gasteiger partial charge in [-0.2, -0.15) is 0 Å². The van der Waals surface area contributed by atoms with Crippen LogP contribution in [0.5, 0.6) is 0 Å². The summed E-state index contributed by atoms with van der Waals surface area (Å²) in [7, 11) is 0. The van der Waals surface area contributed by atoms with E-state index in [4.69, 9.17) is 6.42 Å². The van der Waals surface area contributed by atoms with E-state index in [0.717, 1.165) is 0 Å². The smallest absolute Gasteiger partial charge is 0.0662 e. The van der Waals surface area contributed by atoms with Crippen molar-refractivity contribution in [3.8, 4) is 12.3 Å². The Labute approximate surface area is 79.4 Å². The maximum absolute atomic E-state index is 5.27. The van der Waals surface area contributed by atoms with Crippen molar-refractivity contribution in [3.05, 3.63) is 30.1 Å². The van der Waals surface area contributed by atoms with Gasteiger partial charge in [-0.05, 0) is 31.5 Å². The van der Waals surface area contributed by atoms with Crippen molar-refractivity contribution < 1.29 is 0 Å². The Morgan fingerprint density at radius 3 is 2.54 bits per heavy atom. The highest BCUT2D eigenvalue weighted by Gasteiger charge is 2.05. The molecule has 13 heavy (non-hydrogen) atoms. The van der Waals surface area contributed by atoms with Gasteiger partial charge in [0, 0.05) is 18.4 Å². The molecule has 1 aromatic heterocycles. The molecule has 0 saturated carbocycles. The monoisotopic (exact) mass is 174 g/mol. The van der Waals surface area contributed by atoms with Gasteiger partial charge in [0.2, 0.25) is 0 Å². The number of terminal acetylenes is 1. The Hall–Kier alpha value is -1.33. The Balaban J connectivity index is 2.60. The van der Waals surface area contributed by atoms with E-state index in [-0.39, 0.29) is 12.1 Å². The fourth-order valence-electron chi connectivity index (χ4n) is 1.17. The average Bonchev–Trinajstić information content (AvgIpc) is 2.19. The predicted molar refractivity (Wildman–Crippen MR) is 54.1 cm³/mol. The summed E-state index contributed by atoms with van der Waals surface area (Å²) in [5, 5.41) is 3.28. The lowest BCUT2D eigenvalue weighted by Gasteiger charge is -2.15. The molecule has 1 N–H and O–H groups in total. The summed E-state index contributed by atoms with van der Waals surface area (Å²) in [6.07, 6.45) is 8.85. The van der Waals surface area contributed by atoms with E-state index in [2.05, 4.69) is 23.1 Å². The van der Waals surface area contributed by atoms with E-state index in [1.54, 1.807) is 12.4 Å². The first-order valence-corrected chi connectivity index (χ1v) is 4.36. The minimum Gasteiger partial charge on any atom is -0.297 e. The van der Waals surface area contributed by atoms with Crippen LogP contribution in [0.1, 0.15) is 25.5 Å². The molecule has 0 saturated heterocycles. The van der Waals surface area contributed by atoms with E-state index in [1.165, 1.54) is 5.56 Å². The number of nitrogens with zero attached hydrogens (tertiary/aromatic N) is 1. The van der Waals surface area contributed by atoms with Crippen LogP contribution in [0.15, 0.2) is 24.5 Å². The van der Waals surface area contributed by atoms with Gasteiger partial charge in [-0.3, -0.25) is 10.3 Å². The molecule has 0 bridgehead atoms. The predicted octanol–water partition coefficient (Wildman–Crippen LogP) is 1.75. The lowest BCUT2D eigenvalue weighted by atomic mass is 10.1. The van der Waals surface area contributed by atoms with E-state index in [0.29, 0.717) is 0 Å². The molecule has 2 nitrogen and oxygen atoms in total. The minimum atomic E-state index is 0.100. The van der Waals surface area contributed by atoms with Crippen LogP contribution in [-0.2, 0) is 0 Å². The third kappa shape index (κ3) is 2.89. The van der Waals surface area contributed by atoms with Crippen LogP contribution in [0.3, 0.4) is 0 Å². The van der Waals surface area contributed by atoms with Crippen molar-refractivity contribution in [3.63, 3.8) is 0 Å².